The average Bonchev–Trinajstić information content (AvgIpc) is 3.64. The molecule has 3 aromatic carbocycles. The molecule has 1 fully saturated rings. The number of hydrogen-bond acceptors (Lipinski definition) is 6. The van der Waals surface area contributed by atoms with E-state index in [9.17, 15) is 22.8 Å². The molecule has 1 aliphatic heterocycles. The third kappa shape index (κ3) is 7.90. The van der Waals surface area contributed by atoms with Crippen LogP contribution in [0, 0.1) is 0 Å². The van der Waals surface area contributed by atoms with E-state index in [1.165, 1.54) is 51.9 Å². The number of rotatable bonds is 9. The number of benzene rings is 3. The quantitative estimate of drug-likeness (QED) is 0.207. The normalized spacial score (nSPS) is 15.1. The Morgan fingerprint density at radius 2 is 1.76 bits per heavy atom. The van der Waals surface area contributed by atoms with Crippen molar-refractivity contribution < 1.29 is 27.5 Å². The minimum absolute atomic E-state index is 0.104. The topological polar surface area (TPSA) is 102 Å². The fourth-order valence-electron chi connectivity index (χ4n) is 4.83. The molecule has 1 aromatic heterocycles. The smallest absolute Gasteiger partial charge is 0.406 e. The Morgan fingerprint density at radius 1 is 1.04 bits per heavy atom. The number of alkyl halides is 3. The SMILES string of the molecule is CC(C)c1ccccc1N1C(=O)CS/C1=N\C(=O)NCCC(C)c1ccc(-c2ncn(-c3ccc(OC(F)(F)F)cc3)n2)cc1. The first-order valence-electron chi connectivity index (χ1n) is 14.3. The van der Waals surface area contributed by atoms with Gasteiger partial charge in [-0.3, -0.25) is 9.69 Å². The zero-order valence-corrected chi connectivity index (χ0v) is 25.6. The van der Waals surface area contributed by atoms with Gasteiger partial charge in [0.1, 0.15) is 12.1 Å². The minimum atomic E-state index is -4.76. The lowest BCUT2D eigenvalue weighted by molar-refractivity contribution is -0.274. The highest BCUT2D eigenvalue weighted by atomic mass is 32.2. The van der Waals surface area contributed by atoms with E-state index >= 15 is 0 Å². The van der Waals surface area contributed by atoms with E-state index in [1.807, 2.05) is 48.5 Å². The van der Waals surface area contributed by atoms with Crippen molar-refractivity contribution in [2.45, 2.75) is 45.4 Å². The van der Waals surface area contributed by atoms with Crippen LogP contribution >= 0.6 is 11.8 Å². The molecule has 1 N–H and O–H groups in total. The summed E-state index contributed by atoms with van der Waals surface area (Å²) in [6.07, 6.45) is -2.60. The number of ether oxygens (including phenoxy) is 1. The van der Waals surface area contributed by atoms with Crippen molar-refractivity contribution in [2.24, 2.45) is 4.99 Å². The number of carbonyl (C=O) groups is 2. The fraction of sp³-hybridized carbons (Fsp3) is 0.281. The standard InChI is InChI=1S/C32H31F3N6O3S/c1-20(2)26-6-4-5-7-27(26)41-28(42)18-45-31(41)38-30(43)36-17-16-21(3)22-8-10-23(11-9-22)29-37-19-40(39-29)24-12-14-25(15-13-24)44-32(33,34)35/h4-15,19-21H,16-18H2,1-3H3,(H,36,43)/b38-31-. The van der Waals surface area contributed by atoms with Crippen LogP contribution in [0.2, 0.25) is 0 Å². The first kappa shape index (κ1) is 31.8. The van der Waals surface area contributed by atoms with E-state index in [2.05, 4.69) is 45.9 Å². The molecule has 1 unspecified atom stereocenters. The molecule has 1 atom stereocenters. The van der Waals surface area contributed by atoms with E-state index in [-0.39, 0.29) is 29.2 Å². The average molecular weight is 637 g/mol. The van der Waals surface area contributed by atoms with Crippen LogP contribution in [0.1, 0.15) is 50.2 Å². The molecule has 0 aliphatic carbocycles. The molecule has 1 aliphatic rings. The van der Waals surface area contributed by atoms with Gasteiger partial charge in [0.2, 0.25) is 5.91 Å². The predicted molar refractivity (Wildman–Crippen MR) is 168 cm³/mol. The minimum Gasteiger partial charge on any atom is -0.406 e. The van der Waals surface area contributed by atoms with E-state index < -0.39 is 12.4 Å². The second-order valence-electron chi connectivity index (χ2n) is 10.7. The summed E-state index contributed by atoms with van der Waals surface area (Å²) in [6, 6.07) is 20.2. The molecule has 3 amide bonds. The van der Waals surface area contributed by atoms with E-state index in [0.717, 1.165) is 22.4 Å². The summed E-state index contributed by atoms with van der Waals surface area (Å²) in [4.78, 5) is 35.4. The first-order chi connectivity index (χ1) is 21.5. The van der Waals surface area contributed by atoms with Crippen LogP contribution in [0.5, 0.6) is 5.75 Å². The van der Waals surface area contributed by atoms with Gasteiger partial charge in [0.25, 0.3) is 0 Å². The van der Waals surface area contributed by atoms with Crippen LogP contribution < -0.4 is 15.0 Å². The molecule has 2 heterocycles. The Bertz CT molecular complexity index is 1690. The van der Waals surface area contributed by atoms with Crippen molar-refractivity contribution in [1.29, 1.82) is 0 Å². The van der Waals surface area contributed by atoms with Crippen LogP contribution in [0.4, 0.5) is 23.7 Å². The monoisotopic (exact) mass is 636 g/mol. The lowest BCUT2D eigenvalue weighted by Crippen LogP contribution is -2.32. The lowest BCUT2D eigenvalue weighted by Gasteiger charge is -2.21. The number of hydrogen-bond donors (Lipinski definition) is 1. The molecule has 0 bridgehead atoms. The number of halogens is 3. The van der Waals surface area contributed by atoms with Crippen LogP contribution in [0.3, 0.4) is 0 Å². The van der Waals surface area contributed by atoms with E-state index in [0.29, 0.717) is 29.6 Å². The van der Waals surface area contributed by atoms with Gasteiger partial charge < -0.3 is 10.1 Å². The first-order valence-corrected chi connectivity index (χ1v) is 15.3. The number of para-hydroxylation sites is 1. The Morgan fingerprint density at radius 3 is 2.44 bits per heavy atom. The number of urea groups is 1. The van der Waals surface area contributed by atoms with Crippen molar-refractivity contribution in [3.63, 3.8) is 0 Å². The number of aromatic nitrogens is 3. The summed E-state index contributed by atoms with van der Waals surface area (Å²) in [6.45, 7) is 6.57. The van der Waals surface area contributed by atoms with Crippen molar-refractivity contribution in [3.8, 4) is 22.8 Å². The highest BCUT2D eigenvalue weighted by Crippen LogP contribution is 2.33. The Labute approximate surface area is 262 Å². The summed E-state index contributed by atoms with van der Waals surface area (Å²) >= 11 is 1.25. The Hall–Kier alpha value is -4.65. The summed E-state index contributed by atoms with van der Waals surface area (Å²) < 4.78 is 42.6. The van der Waals surface area contributed by atoms with Gasteiger partial charge in [-0.05, 0) is 59.7 Å². The van der Waals surface area contributed by atoms with Crippen LogP contribution in [-0.2, 0) is 4.79 Å². The number of aliphatic imine (C=N–C) groups is 1. The number of amides is 3. The molecule has 1 saturated heterocycles. The highest BCUT2D eigenvalue weighted by molar-refractivity contribution is 8.15. The second kappa shape index (κ2) is 13.6. The van der Waals surface area contributed by atoms with Crippen LogP contribution in [0.15, 0.2) is 84.1 Å². The summed E-state index contributed by atoms with van der Waals surface area (Å²) in [5.41, 5.74) is 4.14. The van der Waals surface area contributed by atoms with Crippen molar-refractivity contribution in [3.05, 3.63) is 90.3 Å². The molecule has 0 spiro atoms. The van der Waals surface area contributed by atoms with E-state index in [4.69, 9.17) is 0 Å². The molecular weight excluding hydrogens is 605 g/mol. The maximum atomic E-state index is 12.7. The molecule has 5 rings (SSSR count). The lowest BCUT2D eigenvalue weighted by atomic mass is 9.96. The fourth-order valence-corrected chi connectivity index (χ4v) is 5.69. The van der Waals surface area contributed by atoms with Gasteiger partial charge in [-0.1, -0.05) is 75.0 Å². The number of thioether (sulfide) groups is 1. The molecule has 4 aromatic rings. The number of anilines is 1. The Kier molecular flexibility index (Phi) is 9.57. The van der Waals surface area contributed by atoms with Gasteiger partial charge in [-0.25, -0.2) is 14.5 Å². The van der Waals surface area contributed by atoms with Gasteiger partial charge >= 0.3 is 12.4 Å². The molecule has 45 heavy (non-hydrogen) atoms. The molecule has 0 radical (unpaired) electrons. The third-order valence-electron chi connectivity index (χ3n) is 7.18. The van der Waals surface area contributed by atoms with Gasteiger partial charge in [0.15, 0.2) is 11.0 Å². The number of carbonyl (C=O) groups excluding carboxylic acids is 2. The zero-order chi connectivity index (χ0) is 32.1. The molecule has 234 valence electrons. The summed E-state index contributed by atoms with van der Waals surface area (Å²) in [5.74, 6) is 0.608. The van der Waals surface area contributed by atoms with Gasteiger partial charge in [-0.15, -0.1) is 18.3 Å². The van der Waals surface area contributed by atoms with Crippen molar-refractivity contribution in [2.75, 3.05) is 17.2 Å². The predicted octanol–water partition coefficient (Wildman–Crippen LogP) is 7.30. The highest BCUT2D eigenvalue weighted by Gasteiger charge is 2.32. The second-order valence-corrected chi connectivity index (χ2v) is 11.7. The number of nitrogens with one attached hydrogen (secondary N) is 1. The van der Waals surface area contributed by atoms with Crippen LogP contribution in [-0.4, -0.2) is 50.5 Å². The van der Waals surface area contributed by atoms with Crippen LogP contribution in [0.25, 0.3) is 17.1 Å². The maximum Gasteiger partial charge on any atom is 0.573 e. The molecule has 0 saturated carbocycles. The zero-order valence-electron chi connectivity index (χ0n) is 24.8. The van der Waals surface area contributed by atoms with Crippen molar-refractivity contribution in [1.82, 2.24) is 20.1 Å². The molecular formula is C32H31F3N6O3S. The third-order valence-corrected chi connectivity index (χ3v) is 8.10. The van der Waals surface area contributed by atoms with E-state index in [1.54, 1.807) is 0 Å². The maximum absolute atomic E-state index is 12.7. The largest absolute Gasteiger partial charge is 0.573 e. The van der Waals surface area contributed by atoms with Gasteiger partial charge in [0, 0.05) is 12.1 Å². The molecule has 13 heteroatoms. The van der Waals surface area contributed by atoms with Gasteiger partial charge in [0.05, 0.1) is 17.1 Å². The summed E-state index contributed by atoms with van der Waals surface area (Å²) in [5, 5.41) is 7.65. The van der Waals surface area contributed by atoms with Gasteiger partial charge in [-0.2, -0.15) is 4.99 Å². The Balaban J connectivity index is 1.15. The number of amidine groups is 1. The van der Waals surface area contributed by atoms with Crippen molar-refractivity contribution >= 4 is 34.6 Å². The molecule has 9 nitrogen and oxygen atoms in total. The number of nitrogens with zero attached hydrogens (tertiary/aromatic N) is 5. The summed E-state index contributed by atoms with van der Waals surface area (Å²) in [7, 11) is 0.